The SMILES string of the molecule is NC(=O)NC(=O)[C@H]1CC1CC(=O)O. The van der Waals surface area contributed by atoms with Gasteiger partial charge in [0, 0.05) is 12.3 Å². The summed E-state index contributed by atoms with van der Waals surface area (Å²) in [6.07, 6.45) is 0.488. The number of nitrogens with one attached hydrogen (secondary N) is 1. The summed E-state index contributed by atoms with van der Waals surface area (Å²) in [5, 5.41) is 10.3. The van der Waals surface area contributed by atoms with Crippen molar-refractivity contribution in [3.8, 4) is 0 Å². The summed E-state index contributed by atoms with van der Waals surface area (Å²) in [4.78, 5) is 31.5. The number of carbonyl (C=O) groups excluding carboxylic acids is 2. The van der Waals surface area contributed by atoms with Crippen LogP contribution < -0.4 is 11.1 Å². The molecule has 0 saturated heterocycles. The zero-order valence-electron chi connectivity index (χ0n) is 6.82. The third-order valence-electron chi connectivity index (χ3n) is 1.94. The summed E-state index contributed by atoms with van der Waals surface area (Å²) in [5.74, 6) is -1.90. The number of aliphatic carboxylic acids is 1. The second-order valence-corrected chi connectivity index (χ2v) is 3.05. The summed E-state index contributed by atoms with van der Waals surface area (Å²) in [5.41, 5.74) is 4.72. The number of carboxylic acids is 1. The van der Waals surface area contributed by atoms with Gasteiger partial charge < -0.3 is 10.8 Å². The first kappa shape index (κ1) is 9.50. The number of primary amides is 1. The molecule has 1 rings (SSSR count). The Morgan fingerprint density at radius 1 is 1.46 bits per heavy atom. The van der Waals surface area contributed by atoms with Crippen LogP contribution in [-0.2, 0) is 9.59 Å². The molecule has 13 heavy (non-hydrogen) atoms. The standard InChI is InChI=1S/C7H10N2O4/c8-7(13)9-6(12)4-1-3(4)2-5(10)11/h3-4H,1-2H2,(H,10,11)(H3,8,9,12,13)/t3?,4-/m0/s1. The van der Waals surface area contributed by atoms with E-state index in [1.807, 2.05) is 5.32 Å². The molecule has 0 bridgehead atoms. The van der Waals surface area contributed by atoms with E-state index in [0.29, 0.717) is 6.42 Å². The van der Waals surface area contributed by atoms with Crippen LogP contribution in [0.5, 0.6) is 0 Å². The molecule has 0 aromatic heterocycles. The van der Waals surface area contributed by atoms with Crippen molar-refractivity contribution in [1.82, 2.24) is 5.32 Å². The molecule has 2 atom stereocenters. The maximum atomic E-state index is 11.0. The Morgan fingerprint density at radius 2 is 2.08 bits per heavy atom. The topological polar surface area (TPSA) is 109 Å². The first-order chi connectivity index (χ1) is 6.00. The Hall–Kier alpha value is -1.59. The van der Waals surface area contributed by atoms with Gasteiger partial charge in [0.05, 0.1) is 0 Å². The number of hydrogen-bond donors (Lipinski definition) is 3. The number of rotatable bonds is 3. The van der Waals surface area contributed by atoms with Gasteiger partial charge in [-0.25, -0.2) is 4.79 Å². The normalized spacial score (nSPS) is 24.9. The molecule has 1 saturated carbocycles. The van der Waals surface area contributed by atoms with E-state index < -0.39 is 17.9 Å². The van der Waals surface area contributed by atoms with E-state index in [0.717, 1.165) is 0 Å². The van der Waals surface area contributed by atoms with Gasteiger partial charge in [-0.1, -0.05) is 0 Å². The zero-order chi connectivity index (χ0) is 10.0. The Bertz CT molecular complexity index is 263. The molecule has 6 nitrogen and oxygen atoms in total. The Labute approximate surface area is 74.1 Å². The van der Waals surface area contributed by atoms with Crippen LogP contribution in [0.2, 0.25) is 0 Å². The van der Waals surface area contributed by atoms with E-state index in [1.165, 1.54) is 0 Å². The van der Waals surface area contributed by atoms with Crippen molar-refractivity contribution in [3.63, 3.8) is 0 Å². The maximum Gasteiger partial charge on any atom is 0.318 e. The second kappa shape index (κ2) is 3.42. The molecule has 1 aliphatic rings. The number of carboxylic acid groups (broad SMARTS) is 1. The van der Waals surface area contributed by atoms with Gasteiger partial charge in [-0.15, -0.1) is 0 Å². The van der Waals surface area contributed by atoms with Crippen molar-refractivity contribution in [1.29, 1.82) is 0 Å². The number of nitrogens with two attached hydrogens (primary N) is 1. The fourth-order valence-electron chi connectivity index (χ4n) is 1.23. The van der Waals surface area contributed by atoms with Gasteiger partial charge in [0.1, 0.15) is 0 Å². The average Bonchev–Trinajstić information content (AvgIpc) is 2.64. The molecule has 1 aliphatic carbocycles. The Morgan fingerprint density at radius 3 is 2.54 bits per heavy atom. The van der Waals surface area contributed by atoms with E-state index in [2.05, 4.69) is 0 Å². The first-order valence-electron chi connectivity index (χ1n) is 3.82. The smallest absolute Gasteiger partial charge is 0.318 e. The van der Waals surface area contributed by atoms with Crippen LogP contribution in [-0.4, -0.2) is 23.0 Å². The minimum atomic E-state index is -0.931. The molecular weight excluding hydrogens is 176 g/mol. The molecule has 6 heteroatoms. The molecule has 1 unspecified atom stereocenters. The molecule has 3 amide bonds. The molecular formula is C7H10N2O4. The third kappa shape index (κ3) is 2.73. The predicted molar refractivity (Wildman–Crippen MR) is 41.6 cm³/mol. The number of imide groups is 1. The lowest BCUT2D eigenvalue weighted by Crippen LogP contribution is -2.36. The maximum absolute atomic E-state index is 11.0. The minimum Gasteiger partial charge on any atom is -0.481 e. The molecule has 0 heterocycles. The number of amides is 3. The van der Waals surface area contributed by atoms with E-state index in [1.54, 1.807) is 0 Å². The van der Waals surface area contributed by atoms with E-state index in [9.17, 15) is 14.4 Å². The Balaban J connectivity index is 2.30. The number of hydrogen-bond acceptors (Lipinski definition) is 3. The highest BCUT2D eigenvalue weighted by molar-refractivity contribution is 5.96. The molecule has 0 spiro atoms. The number of carbonyl (C=O) groups is 3. The minimum absolute atomic E-state index is 0.0309. The van der Waals surface area contributed by atoms with Crippen molar-refractivity contribution < 1.29 is 19.5 Å². The van der Waals surface area contributed by atoms with Crippen molar-refractivity contribution in [3.05, 3.63) is 0 Å². The predicted octanol–water partition coefficient (Wildman–Crippen LogP) is -0.708. The third-order valence-corrected chi connectivity index (χ3v) is 1.94. The summed E-state index contributed by atoms with van der Waals surface area (Å²) in [6.45, 7) is 0. The average molecular weight is 186 g/mol. The first-order valence-corrected chi connectivity index (χ1v) is 3.82. The largest absolute Gasteiger partial charge is 0.481 e. The summed E-state index contributed by atoms with van der Waals surface area (Å²) in [6, 6.07) is -0.897. The van der Waals surface area contributed by atoms with Crippen LogP contribution in [0, 0.1) is 11.8 Å². The summed E-state index contributed by atoms with van der Waals surface area (Å²) in [7, 11) is 0. The second-order valence-electron chi connectivity index (χ2n) is 3.05. The lowest BCUT2D eigenvalue weighted by atomic mass is 10.2. The highest BCUT2D eigenvalue weighted by Crippen LogP contribution is 2.41. The van der Waals surface area contributed by atoms with Gasteiger partial charge in [-0.2, -0.15) is 0 Å². The highest BCUT2D eigenvalue weighted by Gasteiger charge is 2.44. The van der Waals surface area contributed by atoms with Crippen molar-refractivity contribution >= 4 is 17.9 Å². The molecule has 0 radical (unpaired) electrons. The molecule has 4 N–H and O–H groups in total. The lowest BCUT2D eigenvalue weighted by Gasteiger charge is -1.97. The van der Waals surface area contributed by atoms with Gasteiger partial charge in [-0.3, -0.25) is 14.9 Å². The van der Waals surface area contributed by atoms with Crippen molar-refractivity contribution in [2.75, 3.05) is 0 Å². The van der Waals surface area contributed by atoms with E-state index in [4.69, 9.17) is 10.8 Å². The Kier molecular flexibility index (Phi) is 2.50. The van der Waals surface area contributed by atoms with Crippen LogP contribution in [0.3, 0.4) is 0 Å². The molecule has 0 aromatic carbocycles. The lowest BCUT2D eigenvalue weighted by molar-refractivity contribution is -0.137. The van der Waals surface area contributed by atoms with Gasteiger partial charge in [0.2, 0.25) is 5.91 Å². The van der Waals surface area contributed by atoms with Gasteiger partial charge >= 0.3 is 12.0 Å². The molecule has 72 valence electrons. The monoisotopic (exact) mass is 186 g/mol. The fourth-order valence-corrected chi connectivity index (χ4v) is 1.23. The van der Waals surface area contributed by atoms with Crippen molar-refractivity contribution in [2.24, 2.45) is 17.6 Å². The van der Waals surface area contributed by atoms with Crippen LogP contribution in [0.4, 0.5) is 4.79 Å². The highest BCUT2D eigenvalue weighted by atomic mass is 16.4. The van der Waals surface area contributed by atoms with Crippen LogP contribution in [0.15, 0.2) is 0 Å². The molecule has 0 aromatic rings. The summed E-state index contributed by atoms with van der Waals surface area (Å²) < 4.78 is 0. The van der Waals surface area contributed by atoms with Crippen LogP contribution in [0.1, 0.15) is 12.8 Å². The van der Waals surface area contributed by atoms with E-state index in [-0.39, 0.29) is 18.3 Å². The van der Waals surface area contributed by atoms with E-state index >= 15 is 0 Å². The quantitative estimate of drug-likeness (QED) is 0.540. The van der Waals surface area contributed by atoms with Gasteiger partial charge in [-0.05, 0) is 12.3 Å². The van der Waals surface area contributed by atoms with Crippen LogP contribution >= 0.6 is 0 Å². The number of urea groups is 1. The van der Waals surface area contributed by atoms with Gasteiger partial charge in [0.15, 0.2) is 0 Å². The van der Waals surface area contributed by atoms with Gasteiger partial charge in [0.25, 0.3) is 0 Å². The molecule has 0 aliphatic heterocycles. The van der Waals surface area contributed by atoms with Crippen LogP contribution in [0.25, 0.3) is 0 Å². The summed E-state index contributed by atoms with van der Waals surface area (Å²) >= 11 is 0. The fraction of sp³-hybridized carbons (Fsp3) is 0.571. The van der Waals surface area contributed by atoms with Crippen molar-refractivity contribution in [2.45, 2.75) is 12.8 Å². The molecule has 1 fully saturated rings. The zero-order valence-corrected chi connectivity index (χ0v) is 6.82.